The molecule has 0 spiro atoms. The van der Waals surface area contributed by atoms with Crippen LogP contribution in [0.4, 0.5) is 0 Å². The van der Waals surface area contributed by atoms with Gasteiger partial charge >= 0.3 is 0 Å². The predicted octanol–water partition coefficient (Wildman–Crippen LogP) is 3.09. The van der Waals surface area contributed by atoms with E-state index in [-0.39, 0.29) is 17.2 Å². The van der Waals surface area contributed by atoms with Crippen LogP contribution in [0.3, 0.4) is 0 Å². The van der Waals surface area contributed by atoms with Crippen LogP contribution in [0.2, 0.25) is 5.02 Å². The van der Waals surface area contributed by atoms with Gasteiger partial charge in [0.2, 0.25) is 0 Å². The lowest BCUT2D eigenvalue weighted by Crippen LogP contribution is -2.26. The Morgan fingerprint density at radius 1 is 1.36 bits per heavy atom. The number of hydrogen-bond acceptors (Lipinski definition) is 2. The van der Waals surface area contributed by atoms with Crippen molar-refractivity contribution >= 4 is 11.6 Å². The van der Waals surface area contributed by atoms with Crippen molar-refractivity contribution in [3.05, 3.63) is 28.8 Å². The maximum Gasteiger partial charge on any atom is 0.120 e. The number of nitrogens with two attached hydrogens (primary N) is 1. The van der Waals surface area contributed by atoms with Crippen molar-refractivity contribution in [2.45, 2.75) is 26.8 Å². The molecule has 0 fully saturated rings. The van der Waals surface area contributed by atoms with Crippen LogP contribution in [-0.4, -0.2) is 5.11 Å². The summed E-state index contributed by atoms with van der Waals surface area (Å²) in [6, 6.07) is 4.72. The largest absolute Gasteiger partial charge is 0.508 e. The van der Waals surface area contributed by atoms with E-state index < -0.39 is 0 Å². The quantitative estimate of drug-likeness (QED) is 0.753. The second-order valence-electron chi connectivity index (χ2n) is 4.55. The second kappa shape index (κ2) is 3.79. The average molecular weight is 214 g/mol. The molecule has 0 aliphatic carbocycles. The van der Waals surface area contributed by atoms with Gasteiger partial charge in [0, 0.05) is 16.6 Å². The van der Waals surface area contributed by atoms with Gasteiger partial charge in [0.25, 0.3) is 0 Å². The molecule has 1 unspecified atom stereocenters. The summed E-state index contributed by atoms with van der Waals surface area (Å²) >= 11 is 5.84. The van der Waals surface area contributed by atoms with E-state index in [0.717, 1.165) is 0 Å². The summed E-state index contributed by atoms with van der Waals surface area (Å²) < 4.78 is 0. The van der Waals surface area contributed by atoms with Crippen LogP contribution in [0.1, 0.15) is 32.4 Å². The Bertz CT molecular complexity index is 331. The Hall–Kier alpha value is -0.730. The molecule has 0 aliphatic heterocycles. The van der Waals surface area contributed by atoms with Crippen LogP contribution < -0.4 is 5.73 Å². The summed E-state index contributed by atoms with van der Waals surface area (Å²) in [6.07, 6.45) is 0. The van der Waals surface area contributed by atoms with Crippen molar-refractivity contribution in [1.29, 1.82) is 0 Å². The molecule has 1 aromatic carbocycles. The van der Waals surface area contributed by atoms with E-state index in [1.54, 1.807) is 18.2 Å². The fourth-order valence-corrected chi connectivity index (χ4v) is 1.42. The molecule has 3 N–H and O–H groups in total. The van der Waals surface area contributed by atoms with E-state index in [9.17, 15) is 5.11 Å². The van der Waals surface area contributed by atoms with Crippen molar-refractivity contribution in [3.63, 3.8) is 0 Å². The number of benzene rings is 1. The number of halogens is 1. The van der Waals surface area contributed by atoms with E-state index >= 15 is 0 Å². The van der Waals surface area contributed by atoms with Crippen LogP contribution >= 0.6 is 11.6 Å². The van der Waals surface area contributed by atoms with E-state index in [4.69, 9.17) is 17.3 Å². The standard InChI is InChI=1S/C11H16ClNO/c1-11(2,3)10(13)8-6-7(12)4-5-9(8)14/h4-6,10,14H,13H2,1-3H3. The minimum atomic E-state index is -0.221. The maximum atomic E-state index is 9.63. The third-order valence-corrected chi connectivity index (χ3v) is 2.49. The molecule has 0 saturated heterocycles. The first-order valence-electron chi connectivity index (χ1n) is 4.56. The monoisotopic (exact) mass is 213 g/mol. The van der Waals surface area contributed by atoms with Crippen molar-refractivity contribution < 1.29 is 5.11 Å². The van der Waals surface area contributed by atoms with Gasteiger partial charge in [-0.1, -0.05) is 32.4 Å². The highest BCUT2D eigenvalue weighted by molar-refractivity contribution is 6.30. The highest BCUT2D eigenvalue weighted by atomic mass is 35.5. The van der Waals surface area contributed by atoms with Gasteiger partial charge in [-0.2, -0.15) is 0 Å². The normalized spacial score (nSPS) is 14.1. The minimum Gasteiger partial charge on any atom is -0.508 e. The lowest BCUT2D eigenvalue weighted by atomic mass is 9.83. The smallest absolute Gasteiger partial charge is 0.120 e. The summed E-state index contributed by atoms with van der Waals surface area (Å²) in [4.78, 5) is 0. The Morgan fingerprint density at radius 3 is 2.43 bits per heavy atom. The van der Waals surface area contributed by atoms with Gasteiger partial charge in [0.05, 0.1) is 0 Å². The number of phenolic OH excluding ortho intramolecular Hbond substituents is 1. The van der Waals surface area contributed by atoms with Crippen molar-refractivity contribution in [1.82, 2.24) is 0 Å². The summed E-state index contributed by atoms with van der Waals surface area (Å²) in [7, 11) is 0. The molecule has 78 valence electrons. The van der Waals surface area contributed by atoms with Crippen molar-refractivity contribution in [2.75, 3.05) is 0 Å². The highest BCUT2D eigenvalue weighted by Crippen LogP contribution is 2.36. The van der Waals surface area contributed by atoms with E-state index in [0.29, 0.717) is 10.6 Å². The number of phenols is 1. The van der Waals surface area contributed by atoms with Crippen LogP contribution in [-0.2, 0) is 0 Å². The van der Waals surface area contributed by atoms with Crippen LogP contribution in [0.5, 0.6) is 5.75 Å². The van der Waals surface area contributed by atoms with Gasteiger partial charge in [-0.15, -0.1) is 0 Å². The predicted molar refractivity (Wildman–Crippen MR) is 59.5 cm³/mol. The van der Waals surface area contributed by atoms with Gasteiger partial charge in [0.1, 0.15) is 5.75 Å². The molecule has 0 heterocycles. The molecule has 1 atom stereocenters. The van der Waals surface area contributed by atoms with Crippen molar-refractivity contribution in [3.8, 4) is 5.75 Å². The lowest BCUT2D eigenvalue weighted by Gasteiger charge is -2.27. The average Bonchev–Trinajstić information content (AvgIpc) is 2.06. The van der Waals surface area contributed by atoms with Gasteiger partial charge < -0.3 is 10.8 Å². The second-order valence-corrected chi connectivity index (χ2v) is 4.98. The first-order valence-corrected chi connectivity index (χ1v) is 4.94. The molecule has 0 aliphatic rings. The summed E-state index contributed by atoms with van der Waals surface area (Å²) in [5.74, 6) is 0.205. The fourth-order valence-electron chi connectivity index (χ4n) is 1.24. The Morgan fingerprint density at radius 2 is 1.93 bits per heavy atom. The molecule has 0 amide bonds. The molecular formula is C11H16ClNO. The third kappa shape index (κ3) is 2.40. The van der Waals surface area contributed by atoms with E-state index in [1.165, 1.54) is 0 Å². The zero-order chi connectivity index (χ0) is 10.9. The first kappa shape index (κ1) is 11.3. The molecule has 2 nitrogen and oxygen atoms in total. The van der Waals surface area contributed by atoms with Gasteiger partial charge in [-0.25, -0.2) is 0 Å². The summed E-state index contributed by atoms with van der Waals surface area (Å²) in [6.45, 7) is 6.08. The maximum absolute atomic E-state index is 9.63. The Balaban J connectivity index is 3.12. The highest BCUT2D eigenvalue weighted by Gasteiger charge is 2.24. The fraction of sp³-hybridized carbons (Fsp3) is 0.455. The number of hydrogen-bond donors (Lipinski definition) is 2. The first-order chi connectivity index (χ1) is 6.32. The molecule has 14 heavy (non-hydrogen) atoms. The zero-order valence-electron chi connectivity index (χ0n) is 8.71. The van der Waals surface area contributed by atoms with E-state index in [1.807, 2.05) is 20.8 Å². The third-order valence-electron chi connectivity index (χ3n) is 2.26. The molecule has 0 aromatic heterocycles. The number of rotatable bonds is 1. The summed E-state index contributed by atoms with van der Waals surface area (Å²) in [5, 5.41) is 10.2. The molecule has 3 heteroatoms. The number of aromatic hydroxyl groups is 1. The van der Waals surface area contributed by atoms with Crippen LogP contribution in [0.25, 0.3) is 0 Å². The molecule has 0 radical (unpaired) electrons. The molecule has 1 aromatic rings. The van der Waals surface area contributed by atoms with Crippen molar-refractivity contribution in [2.24, 2.45) is 11.1 Å². The Labute approximate surface area is 89.7 Å². The molecular weight excluding hydrogens is 198 g/mol. The molecule has 1 rings (SSSR count). The van der Waals surface area contributed by atoms with Gasteiger partial charge in [-0.3, -0.25) is 0 Å². The lowest BCUT2D eigenvalue weighted by molar-refractivity contribution is 0.318. The minimum absolute atomic E-state index is 0.0951. The van der Waals surface area contributed by atoms with Gasteiger partial charge in [-0.05, 0) is 23.6 Å². The zero-order valence-corrected chi connectivity index (χ0v) is 9.47. The van der Waals surface area contributed by atoms with E-state index in [2.05, 4.69) is 0 Å². The van der Waals surface area contributed by atoms with Gasteiger partial charge in [0.15, 0.2) is 0 Å². The molecule has 0 bridgehead atoms. The van der Waals surface area contributed by atoms with Crippen LogP contribution in [0, 0.1) is 5.41 Å². The summed E-state index contributed by atoms with van der Waals surface area (Å²) in [5.41, 5.74) is 6.63. The topological polar surface area (TPSA) is 46.2 Å². The van der Waals surface area contributed by atoms with Crippen LogP contribution in [0.15, 0.2) is 18.2 Å². The molecule has 0 saturated carbocycles. The SMILES string of the molecule is CC(C)(C)C(N)c1cc(Cl)ccc1O. The Kier molecular flexibility index (Phi) is 3.07.